The van der Waals surface area contributed by atoms with Crippen molar-refractivity contribution in [3.63, 3.8) is 0 Å². The largest absolute Gasteiger partial charge is 0.488 e. The summed E-state index contributed by atoms with van der Waals surface area (Å²) in [7, 11) is -3.10. The Bertz CT molecular complexity index is 547. The molecular weight excluding hydrogens is 266 g/mol. The molecule has 3 atom stereocenters. The van der Waals surface area contributed by atoms with Crippen LogP contribution in [0.4, 0.5) is 0 Å². The van der Waals surface area contributed by atoms with Crippen molar-refractivity contribution in [3.05, 3.63) is 29.8 Å². The molecule has 0 amide bonds. The van der Waals surface area contributed by atoms with Gasteiger partial charge in [0.1, 0.15) is 11.9 Å². The van der Waals surface area contributed by atoms with E-state index in [9.17, 15) is 13.5 Å². The van der Waals surface area contributed by atoms with Crippen LogP contribution >= 0.6 is 0 Å². The molecule has 0 saturated carbocycles. The van der Waals surface area contributed by atoms with Crippen molar-refractivity contribution >= 4 is 9.84 Å². The van der Waals surface area contributed by atoms with E-state index >= 15 is 0 Å². The molecule has 2 aliphatic heterocycles. The van der Waals surface area contributed by atoms with Gasteiger partial charge in [-0.25, -0.2) is 8.42 Å². The number of ether oxygens (including phenoxy) is 1. The fourth-order valence-corrected chi connectivity index (χ4v) is 4.45. The number of hydrogen-bond acceptors (Lipinski definition) is 5. The fraction of sp³-hybridized carbons (Fsp3) is 0.538. The Morgan fingerprint density at radius 3 is 2.79 bits per heavy atom. The van der Waals surface area contributed by atoms with Gasteiger partial charge in [0.25, 0.3) is 0 Å². The lowest BCUT2D eigenvalue weighted by Crippen LogP contribution is -2.43. The summed E-state index contributed by atoms with van der Waals surface area (Å²) < 4.78 is 28.5. The first-order valence-corrected chi connectivity index (χ1v) is 8.22. The number of aliphatic hydroxyl groups excluding tert-OH is 1. The van der Waals surface area contributed by atoms with Gasteiger partial charge in [0, 0.05) is 19.0 Å². The highest BCUT2D eigenvalue weighted by molar-refractivity contribution is 7.91. The van der Waals surface area contributed by atoms with Crippen molar-refractivity contribution in [3.8, 4) is 5.75 Å². The molecule has 0 aliphatic carbocycles. The van der Waals surface area contributed by atoms with Gasteiger partial charge in [-0.3, -0.25) is 0 Å². The summed E-state index contributed by atoms with van der Waals surface area (Å²) in [6.45, 7) is 0.548. The summed E-state index contributed by atoms with van der Waals surface area (Å²) in [6.07, 6.45) is 0.0142. The number of para-hydroxylation sites is 1. The first kappa shape index (κ1) is 12.9. The second kappa shape index (κ2) is 4.77. The minimum absolute atomic E-state index is 0.00732. The SMILES string of the molecule is O=S1(=O)CC(O)C(NCC2Cc3ccccc3O2)C1. The highest BCUT2D eigenvalue weighted by Crippen LogP contribution is 2.27. The van der Waals surface area contributed by atoms with E-state index in [2.05, 4.69) is 5.32 Å². The number of fused-ring (bicyclic) bond motifs is 1. The van der Waals surface area contributed by atoms with Gasteiger partial charge < -0.3 is 15.2 Å². The quantitative estimate of drug-likeness (QED) is 0.799. The topological polar surface area (TPSA) is 75.6 Å². The maximum Gasteiger partial charge on any atom is 0.154 e. The Hall–Kier alpha value is -1.11. The van der Waals surface area contributed by atoms with Crippen molar-refractivity contribution in [2.45, 2.75) is 24.7 Å². The summed E-state index contributed by atoms with van der Waals surface area (Å²) in [6, 6.07) is 7.50. The van der Waals surface area contributed by atoms with Crippen molar-refractivity contribution in [2.75, 3.05) is 18.1 Å². The second-order valence-corrected chi connectivity index (χ2v) is 7.36. The van der Waals surface area contributed by atoms with E-state index in [1.54, 1.807) is 0 Å². The zero-order valence-corrected chi connectivity index (χ0v) is 11.3. The molecule has 2 heterocycles. The van der Waals surface area contributed by atoms with E-state index in [-0.39, 0.29) is 23.7 Å². The van der Waals surface area contributed by atoms with E-state index in [1.165, 1.54) is 5.56 Å². The molecule has 0 radical (unpaired) electrons. The van der Waals surface area contributed by atoms with Gasteiger partial charge in [0.05, 0.1) is 17.6 Å². The van der Waals surface area contributed by atoms with Crippen molar-refractivity contribution in [1.29, 1.82) is 0 Å². The van der Waals surface area contributed by atoms with Crippen LogP contribution in [0.25, 0.3) is 0 Å². The first-order valence-electron chi connectivity index (χ1n) is 6.40. The third kappa shape index (κ3) is 2.75. The number of sulfone groups is 1. The van der Waals surface area contributed by atoms with Gasteiger partial charge >= 0.3 is 0 Å². The highest BCUT2D eigenvalue weighted by Gasteiger charge is 2.36. The van der Waals surface area contributed by atoms with Gasteiger partial charge in [-0.2, -0.15) is 0 Å². The molecule has 0 aromatic heterocycles. The third-order valence-electron chi connectivity index (χ3n) is 3.64. The van der Waals surface area contributed by atoms with Crippen LogP contribution in [0, 0.1) is 0 Å². The van der Waals surface area contributed by atoms with Crippen molar-refractivity contribution < 1.29 is 18.3 Å². The lowest BCUT2D eigenvalue weighted by molar-refractivity contribution is 0.152. The number of nitrogens with one attached hydrogen (secondary N) is 1. The predicted octanol–water partition coefficient (Wildman–Crippen LogP) is -0.262. The molecule has 19 heavy (non-hydrogen) atoms. The van der Waals surface area contributed by atoms with Gasteiger partial charge in [-0.1, -0.05) is 18.2 Å². The monoisotopic (exact) mass is 283 g/mol. The highest BCUT2D eigenvalue weighted by atomic mass is 32.2. The normalized spacial score (nSPS) is 31.9. The minimum Gasteiger partial charge on any atom is -0.488 e. The number of benzene rings is 1. The summed E-state index contributed by atoms with van der Waals surface area (Å²) >= 11 is 0. The van der Waals surface area contributed by atoms with E-state index in [4.69, 9.17) is 4.74 Å². The van der Waals surface area contributed by atoms with E-state index in [0.717, 1.165) is 12.2 Å². The Labute approximate surface area is 112 Å². The molecule has 1 fully saturated rings. The average Bonchev–Trinajstić information content (AvgIpc) is 2.86. The zero-order valence-electron chi connectivity index (χ0n) is 10.5. The Balaban J connectivity index is 1.55. The van der Waals surface area contributed by atoms with Crippen LogP contribution in [0.3, 0.4) is 0 Å². The van der Waals surface area contributed by atoms with Crippen LogP contribution in [0.15, 0.2) is 24.3 Å². The van der Waals surface area contributed by atoms with Gasteiger partial charge in [0.2, 0.25) is 0 Å². The molecule has 1 aromatic rings. The summed E-state index contributed by atoms with van der Waals surface area (Å²) in [5, 5.41) is 12.8. The summed E-state index contributed by atoms with van der Waals surface area (Å²) in [5.41, 5.74) is 1.17. The summed E-state index contributed by atoms with van der Waals surface area (Å²) in [5.74, 6) is 0.762. The fourth-order valence-electron chi connectivity index (χ4n) is 2.67. The predicted molar refractivity (Wildman–Crippen MR) is 71.0 cm³/mol. The first-order chi connectivity index (χ1) is 9.03. The maximum absolute atomic E-state index is 11.4. The molecule has 0 spiro atoms. The molecule has 1 saturated heterocycles. The molecular formula is C13H17NO4S. The van der Waals surface area contributed by atoms with E-state index in [1.807, 2.05) is 24.3 Å². The van der Waals surface area contributed by atoms with Crippen LogP contribution in [0.1, 0.15) is 5.56 Å². The molecule has 5 nitrogen and oxygen atoms in total. The molecule has 1 aromatic carbocycles. The van der Waals surface area contributed by atoms with Crippen LogP contribution in [0.5, 0.6) is 5.75 Å². The smallest absolute Gasteiger partial charge is 0.154 e. The number of rotatable bonds is 3. The molecule has 0 bridgehead atoms. The second-order valence-electron chi connectivity index (χ2n) is 5.21. The molecule has 3 rings (SSSR count). The third-order valence-corrected chi connectivity index (χ3v) is 5.36. The lowest BCUT2D eigenvalue weighted by Gasteiger charge is -2.18. The number of hydrogen-bond donors (Lipinski definition) is 2. The molecule has 2 aliphatic rings. The molecule has 104 valence electrons. The zero-order chi connectivity index (χ0) is 13.5. The maximum atomic E-state index is 11.4. The van der Waals surface area contributed by atoms with E-state index < -0.39 is 15.9 Å². The Morgan fingerprint density at radius 1 is 1.32 bits per heavy atom. The summed E-state index contributed by atoms with van der Waals surface area (Å²) in [4.78, 5) is 0. The number of aliphatic hydroxyl groups is 1. The van der Waals surface area contributed by atoms with E-state index in [0.29, 0.717) is 6.54 Å². The van der Waals surface area contributed by atoms with Gasteiger partial charge in [-0.05, 0) is 11.6 Å². The lowest BCUT2D eigenvalue weighted by atomic mass is 10.1. The van der Waals surface area contributed by atoms with Gasteiger partial charge in [-0.15, -0.1) is 0 Å². The Kier molecular flexibility index (Phi) is 3.24. The van der Waals surface area contributed by atoms with Crippen LogP contribution in [-0.4, -0.2) is 49.8 Å². The van der Waals surface area contributed by atoms with Crippen LogP contribution < -0.4 is 10.1 Å². The van der Waals surface area contributed by atoms with Crippen LogP contribution in [0.2, 0.25) is 0 Å². The molecule has 2 N–H and O–H groups in total. The standard InChI is InChI=1S/C13H17NO4S/c15-12-8-19(16,17)7-11(12)14-6-10-5-9-3-1-2-4-13(9)18-10/h1-4,10-12,14-15H,5-8H2. The molecule has 3 unspecified atom stereocenters. The Morgan fingerprint density at radius 2 is 2.11 bits per heavy atom. The minimum atomic E-state index is -3.10. The van der Waals surface area contributed by atoms with Gasteiger partial charge in [0.15, 0.2) is 9.84 Å². The average molecular weight is 283 g/mol. The van der Waals surface area contributed by atoms with Crippen LogP contribution in [-0.2, 0) is 16.3 Å². The molecule has 6 heteroatoms. The van der Waals surface area contributed by atoms with Crippen molar-refractivity contribution in [2.24, 2.45) is 0 Å². The van der Waals surface area contributed by atoms with Crippen molar-refractivity contribution in [1.82, 2.24) is 5.32 Å².